The average molecular weight is 279 g/mol. The van der Waals surface area contributed by atoms with E-state index in [9.17, 15) is 9.59 Å². The average Bonchev–Trinajstić information content (AvgIpc) is 3.10. The Morgan fingerprint density at radius 2 is 1.80 bits per heavy atom. The van der Waals surface area contributed by atoms with Crippen molar-refractivity contribution in [2.24, 2.45) is 0 Å². The first kappa shape index (κ1) is 13.9. The third-order valence-electron chi connectivity index (χ3n) is 5.03. The number of carbonyl (C=O) groups excluding carboxylic acids is 2. The predicted octanol–water partition coefficient (Wildman–Crippen LogP) is 0.788. The minimum absolute atomic E-state index is 0.00111. The molecule has 3 rings (SSSR count). The second-order valence-corrected chi connectivity index (χ2v) is 6.42. The smallest absolute Gasteiger partial charge is 0.242 e. The van der Waals surface area contributed by atoms with Crippen LogP contribution in [0.3, 0.4) is 0 Å². The van der Waals surface area contributed by atoms with Gasteiger partial charge in [-0.25, -0.2) is 0 Å². The molecule has 2 N–H and O–H groups in total. The molecule has 0 aromatic rings. The van der Waals surface area contributed by atoms with Gasteiger partial charge < -0.3 is 15.5 Å². The monoisotopic (exact) mass is 279 g/mol. The number of hydrogen-bond donors (Lipinski definition) is 2. The molecule has 0 aromatic carbocycles. The molecule has 0 radical (unpaired) electrons. The molecule has 3 fully saturated rings. The third kappa shape index (κ3) is 3.14. The molecule has 3 aliphatic rings. The molecule has 1 unspecified atom stereocenters. The van der Waals surface area contributed by atoms with E-state index in [1.54, 1.807) is 0 Å². The quantitative estimate of drug-likeness (QED) is 0.803. The van der Waals surface area contributed by atoms with Gasteiger partial charge in [0.25, 0.3) is 0 Å². The summed E-state index contributed by atoms with van der Waals surface area (Å²) in [4.78, 5) is 25.8. The minimum Gasteiger partial charge on any atom is -0.351 e. The van der Waals surface area contributed by atoms with Crippen LogP contribution in [0.15, 0.2) is 0 Å². The largest absolute Gasteiger partial charge is 0.351 e. The molecular formula is C15H25N3O2. The SMILES string of the molecule is O=C1CCC(C(=O)NC2CCN(C3CCCC3)CC2)N1. The summed E-state index contributed by atoms with van der Waals surface area (Å²) < 4.78 is 0. The Morgan fingerprint density at radius 3 is 2.40 bits per heavy atom. The van der Waals surface area contributed by atoms with E-state index in [0.717, 1.165) is 32.0 Å². The van der Waals surface area contributed by atoms with Crippen molar-refractivity contribution in [3.8, 4) is 0 Å². The van der Waals surface area contributed by atoms with E-state index in [0.29, 0.717) is 12.8 Å². The fourth-order valence-electron chi connectivity index (χ4n) is 3.79. The second kappa shape index (κ2) is 6.12. The number of nitrogens with one attached hydrogen (secondary N) is 2. The zero-order valence-electron chi connectivity index (χ0n) is 12.1. The lowest BCUT2D eigenvalue weighted by Gasteiger charge is -2.36. The van der Waals surface area contributed by atoms with Gasteiger partial charge >= 0.3 is 0 Å². The molecule has 5 heteroatoms. The van der Waals surface area contributed by atoms with Crippen LogP contribution in [-0.2, 0) is 9.59 Å². The molecule has 20 heavy (non-hydrogen) atoms. The van der Waals surface area contributed by atoms with E-state index in [2.05, 4.69) is 15.5 Å². The van der Waals surface area contributed by atoms with Crippen molar-refractivity contribution in [3.05, 3.63) is 0 Å². The van der Waals surface area contributed by atoms with Gasteiger partial charge in [-0.3, -0.25) is 9.59 Å². The topological polar surface area (TPSA) is 61.4 Å². The van der Waals surface area contributed by atoms with Crippen LogP contribution in [0.2, 0.25) is 0 Å². The van der Waals surface area contributed by atoms with Crippen LogP contribution >= 0.6 is 0 Å². The number of nitrogens with zero attached hydrogens (tertiary/aromatic N) is 1. The van der Waals surface area contributed by atoms with Crippen LogP contribution in [-0.4, -0.2) is 47.9 Å². The summed E-state index contributed by atoms with van der Waals surface area (Å²) in [7, 11) is 0. The lowest BCUT2D eigenvalue weighted by Crippen LogP contribution is -2.51. The minimum atomic E-state index is -0.296. The number of carbonyl (C=O) groups is 2. The number of amides is 2. The molecule has 0 spiro atoms. The fraction of sp³-hybridized carbons (Fsp3) is 0.867. The van der Waals surface area contributed by atoms with Gasteiger partial charge in [-0.05, 0) is 32.1 Å². The lowest BCUT2D eigenvalue weighted by atomic mass is 10.0. The highest BCUT2D eigenvalue weighted by atomic mass is 16.2. The predicted molar refractivity (Wildman–Crippen MR) is 76.2 cm³/mol. The van der Waals surface area contributed by atoms with Crippen molar-refractivity contribution in [1.82, 2.24) is 15.5 Å². The summed E-state index contributed by atoms with van der Waals surface area (Å²) in [6.45, 7) is 2.21. The van der Waals surface area contributed by atoms with E-state index in [4.69, 9.17) is 0 Å². The normalized spacial score (nSPS) is 29.6. The van der Waals surface area contributed by atoms with Crippen molar-refractivity contribution in [2.75, 3.05) is 13.1 Å². The Labute approximate surface area is 120 Å². The van der Waals surface area contributed by atoms with E-state index in [-0.39, 0.29) is 23.9 Å². The highest BCUT2D eigenvalue weighted by Gasteiger charge is 2.31. The van der Waals surface area contributed by atoms with Crippen LogP contribution in [0.1, 0.15) is 51.4 Å². The van der Waals surface area contributed by atoms with Crippen LogP contribution in [0, 0.1) is 0 Å². The van der Waals surface area contributed by atoms with Crippen molar-refractivity contribution >= 4 is 11.8 Å². The molecular weight excluding hydrogens is 254 g/mol. The maximum atomic E-state index is 12.1. The molecule has 2 aliphatic heterocycles. The molecule has 0 aromatic heterocycles. The van der Waals surface area contributed by atoms with E-state index < -0.39 is 0 Å². The summed E-state index contributed by atoms with van der Waals surface area (Å²) in [5, 5.41) is 5.85. The number of rotatable bonds is 3. The highest BCUT2D eigenvalue weighted by molar-refractivity contribution is 5.90. The molecule has 0 bridgehead atoms. The third-order valence-corrected chi connectivity index (χ3v) is 5.03. The Bertz CT molecular complexity index is 371. The fourth-order valence-corrected chi connectivity index (χ4v) is 3.79. The van der Waals surface area contributed by atoms with Crippen LogP contribution < -0.4 is 10.6 Å². The standard InChI is InChI=1S/C15H25N3O2/c19-14-6-5-13(17-14)15(20)16-11-7-9-18(10-8-11)12-3-1-2-4-12/h11-13H,1-10H2,(H,16,20)(H,17,19). The van der Waals surface area contributed by atoms with Gasteiger partial charge in [0.1, 0.15) is 6.04 Å². The Balaban J connectivity index is 1.41. The van der Waals surface area contributed by atoms with Gasteiger partial charge in [-0.15, -0.1) is 0 Å². The molecule has 1 saturated carbocycles. The molecule has 2 heterocycles. The first-order valence-electron chi connectivity index (χ1n) is 8.06. The molecule has 112 valence electrons. The summed E-state index contributed by atoms with van der Waals surface area (Å²) in [5.74, 6) is 0.0105. The van der Waals surface area contributed by atoms with E-state index >= 15 is 0 Å². The van der Waals surface area contributed by atoms with Gasteiger partial charge in [0.05, 0.1) is 0 Å². The first-order chi connectivity index (χ1) is 9.72. The van der Waals surface area contributed by atoms with Crippen LogP contribution in [0.5, 0.6) is 0 Å². The number of likely N-dealkylation sites (tertiary alicyclic amines) is 1. The second-order valence-electron chi connectivity index (χ2n) is 6.42. The Kier molecular flexibility index (Phi) is 4.24. The van der Waals surface area contributed by atoms with Gasteiger partial charge in [-0.2, -0.15) is 0 Å². The van der Waals surface area contributed by atoms with Crippen molar-refractivity contribution < 1.29 is 9.59 Å². The summed E-state index contributed by atoms with van der Waals surface area (Å²) in [6, 6.07) is 0.786. The molecule has 1 atom stereocenters. The zero-order valence-corrected chi connectivity index (χ0v) is 12.1. The highest BCUT2D eigenvalue weighted by Crippen LogP contribution is 2.26. The summed E-state index contributed by atoms with van der Waals surface area (Å²) in [6.07, 6.45) is 8.68. The van der Waals surface area contributed by atoms with Crippen molar-refractivity contribution in [1.29, 1.82) is 0 Å². The molecule has 2 amide bonds. The molecule has 1 aliphatic carbocycles. The van der Waals surface area contributed by atoms with Crippen molar-refractivity contribution in [3.63, 3.8) is 0 Å². The maximum Gasteiger partial charge on any atom is 0.242 e. The summed E-state index contributed by atoms with van der Waals surface area (Å²) >= 11 is 0. The maximum absolute atomic E-state index is 12.1. The molecule has 5 nitrogen and oxygen atoms in total. The Hall–Kier alpha value is -1.10. The number of piperidine rings is 1. The lowest BCUT2D eigenvalue weighted by molar-refractivity contribution is -0.126. The first-order valence-corrected chi connectivity index (χ1v) is 8.06. The number of hydrogen-bond acceptors (Lipinski definition) is 3. The van der Waals surface area contributed by atoms with Gasteiger partial charge in [0.2, 0.25) is 11.8 Å². The van der Waals surface area contributed by atoms with Crippen LogP contribution in [0.4, 0.5) is 0 Å². The van der Waals surface area contributed by atoms with Gasteiger partial charge in [0.15, 0.2) is 0 Å². The van der Waals surface area contributed by atoms with Crippen LogP contribution in [0.25, 0.3) is 0 Å². The Morgan fingerprint density at radius 1 is 1.10 bits per heavy atom. The van der Waals surface area contributed by atoms with Gasteiger partial charge in [0, 0.05) is 31.6 Å². The van der Waals surface area contributed by atoms with E-state index in [1.807, 2.05) is 0 Å². The van der Waals surface area contributed by atoms with E-state index in [1.165, 1.54) is 25.7 Å². The van der Waals surface area contributed by atoms with Crippen molar-refractivity contribution in [2.45, 2.75) is 69.5 Å². The molecule has 2 saturated heterocycles. The zero-order chi connectivity index (χ0) is 13.9. The summed E-state index contributed by atoms with van der Waals surface area (Å²) in [5.41, 5.74) is 0. The van der Waals surface area contributed by atoms with Gasteiger partial charge in [-0.1, -0.05) is 12.8 Å².